The first-order chi connectivity index (χ1) is 11.2. The maximum Gasteiger partial charge on any atom is 0.423 e. The van der Waals surface area contributed by atoms with Crippen LogP contribution < -0.4 is 9.64 Å². The predicted molar refractivity (Wildman–Crippen MR) is 86.6 cm³/mol. The third kappa shape index (κ3) is 4.37. The van der Waals surface area contributed by atoms with Crippen LogP contribution in [0.3, 0.4) is 0 Å². The van der Waals surface area contributed by atoms with Gasteiger partial charge in [-0.25, -0.2) is 4.98 Å². The van der Waals surface area contributed by atoms with Crippen molar-refractivity contribution in [3.8, 4) is 5.88 Å². The second-order valence-corrected chi connectivity index (χ2v) is 5.99. The fourth-order valence-corrected chi connectivity index (χ4v) is 1.95. The molecule has 0 radical (unpaired) electrons. The largest absolute Gasteiger partial charge is 0.477 e. The van der Waals surface area contributed by atoms with Gasteiger partial charge in [-0.1, -0.05) is 31.5 Å². The molecule has 0 amide bonds. The Hall–Kier alpha value is -2.31. The number of benzene rings is 1. The van der Waals surface area contributed by atoms with E-state index in [0.29, 0.717) is 0 Å². The van der Waals surface area contributed by atoms with Gasteiger partial charge in [0.25, 0.3) is 0 Å². The molecule has 0 atom stereocenters. The van der Waals surface area contributed by atoms with E-state index < -0.39 is 17.6 Å². The number of nitrogens with zero attached hydrogens (tertiary/aromatic N) is 3. The van der Waals surface area contributed by atoms with E-state index in [4.69, 9.17) is 4.74 Å². The van der Waals surface area contributed by atoms with Crippen LogP contribution in [0.2, 0.25) is 0 Å². The molecule has 0 aliphatic heterocycles. The van der Waals surface area contributed by atoms with Gasteiger partial charge >= 0.3 is 6.18 Å². The molecule has 0 aliphatic rings. The Morgan fingerprint density at radius 3 is 2.33 bits per heavy atom. The molecule has 0 saturated heterocycles. The summed E-state index contributed by atoms with van der Waals surface area (Å²) in [5.74, 6) is -0.218. The minimum absolute atomic E-state index is 0.0827. The van der Waals surface area contributed by atoms with Crippen LogP contribution in [-0.4, -0.2) is 23.6 Å². The summed E-state index contributed by atoms with van der Waals surface area (Å²) >= 11 is 0. The number of ether oxygens (including phenoxy) is 1. The summed E-state index contributed by atoms with van der Waals surface area (Å²) in [4.78, 5) is 9.44. The first-order valence-electron chi connectivity index (χ1n) is 7.56. The highest BCUT2D eigenvalue weighted by molar-refractivity contribution is 5.57. The highest BCUT2D eigenvalue weighted by Gasteiger charge is 2.36. The standard InChI is InChI=1S/C17H20F3N3O/c1-11(2)10-24-15-14(17(18,19)20)9-21-16(22-15)23(4)13-7-5-12(3)6-8-13/h5-9,11H,10H2,1-4H3. The molecule has 1 aromatic heterocycles. The topological polar surface area (TPSA) is 38.2 Å². The molecule has 0 bridgehead atoms. The Morgan fingerprint density at radius 1 is 1.17 bits per heavy atom. The van der Waals surface area contributed by atoms with Gasteiger partial charge in [0.05, 0.1) is 6.61 Å². The molecule has 7 heteroatoms. The van der Waals surface area contributed by atoms with E-state index in [0.717, 1.165) is 17.4 Å². The second kappa shape index (κ2) is 7.07. The highest BCUT2D eigenvalue weighted by atomic mass is 19.4. The SMILES string of the molecule is Cc1ccc(N(C)c2ncc(C(F)(F)F)c(OCC(C)C)n2)cc1. The highest BCUT2D eigenvalue weighted by Crippen LogP contribution is 2.36. The zero-order valence-corrected chi connectivity index (χ0v) is 14.1. The molecule has 1 aromatic carbocycles. The predicted octanol–water partition coefficient (Wildman–Crippen LogP) is 4.61. The van der Waals surface area contributed by atoms with E-state index in [1.165, 1.54) is 0 Å². The van der Waals surface area contributed by atoms with Gasteiger partial charge in [0, 0.05) is 18.9 Å². The zero-order chi connectivity index (χ0) is 17.9. The molecule has 0 aliphatic carbocycles. The van der Waals surface area contributed by atoms with Crippen LogP contribution in [0.4, 0.5) is 24.8 Å². The van der Waals surface area contributed by atoms with E-state index in [2.05, 4.69) is 9.97 Å². The van der Waals surface area contributed by atoms with Gasteiger partial charge in [-0.05, 0) is 25.0 Å². The molecule has 0 saturated carbocycles. The number of aromatic nitrogens is 2. The molecule has 4 nitrogen and oxygen atoms in total. The lowest BCUT2D eigenvalue weighted by molar-refractivity contribution is -0.139. The Kier molecular flexibility index (Phi) is 5.31. The van der Waals surface area contributed by atoms with Gasteiger partial charge in [0.2, 0.25) is 11.8 Å². The van der Waals surface area contributed by atoms with Gasteiger partial charge in [-0.15, -0.1) is 0 Å². The lowest BCUT2D eigenvalue weighted by Gasteiger charge is -2.20. The number of halogens is 3. The smallest absolute Gasteiger partial charge is 0.423 e. The van der Waals surface area contributed by atoms with Gasteiger partial charge in [-0.2, -0.15) is 18.2 Å². The van der Waals surface area contributed by atoms with Crippen LogP contribution in [0.5, 0.6) is 5.88 Å². The normalized spacial score (nSPS) is 11.7. The fraction of sp³-hybridized carbons (Fsp3) is 0.412. The molecule has 0 unspecified atom stereocenters. The molecule has 2 aromatic rings. The third-order valence-electron chi connectivity index (χ3n) is 3.32. The Morgan fingerprint density at radius 2 is 1.79 bits per heavy atom. The van der Waals surface area contributed by atoms with Crippen molar-refractivity contribution in [1.29, 1.82) is 0 Å². The summed E-state index contributed by atoms with van der Waals surface area (Å²) in [6, 6.07) is 7.52. The van der Waals surface area contributed by atoms with Crippen LogP contribution in [0, 0.1) is 12.8 Å². The van der Waals surface area contributed by atoms with E-state index in [-0.39, 0.29) is 18.5 Å². The van der Waals surface area contributed by atoms with Crippen LogP contribution >= 0.6 is 0 Å². The molecule has 1 heterocycles. The van der Waals surface area contributed by atoms with Crippen molar-refractivity contribution in [3.63, 3.8) is 0 Å². The number of aryl methyl sites for hydroxylation is 1. The van der Waals surface area contributed by atoms with Crippen molar-refractivity contribution in [2.45, 2.75) is 26.9 Å². The summed E-state index contributed by atoms with van der Waals surface area (Å²) in [5.41, 5.74) is 0.890. The Balaban J connectivity index is 2.37. The summed E-state index contributed by atoms with van der Waals surface area (Å²) < 4.78 is 44.6. The van der Waals surface area contributed by atoms with E-state index in [1.54, 1.807) is 11.9 Å². The summed E-state index contributed by atoms with van der Waals surface area (Å²) in [6.07, 6.45) is -3.80. The number of rotatable bonds is 5. The first kappa shape index (κ1) is 18.0. The van der Waals surface area contributed by atoms with Crippen LogP contribution in [0.15, 0.2) is 30.5 Å². The first-order valence-corrected chi connectivity index (χ1v) is 7.56. The minimum atomic E-state index is -4.56. The lowest BCUT2D eigenvalue weighted by Crippen LogP contribution is -2.18. The average molecular weight is 339 g/mol. The molecule has 24 heavy (non-hydrogen) atoms. The van der Waals surface area contributed by atoms with Gasteiger partial charge in [-0.3, -0.25) is 0 Å². The molecule has 0 fully saturated rings. The summed E-state index contributed by atoms with van der Waals surface area (Å²) in [7, 11) is 1.69. The average Bonchev–Trinajstić information content (AvgIpc) is 2.51. The molecule has 2 rings (SSSR count). The maximum absolute atomic E-state index is 13.1. The van der Waals surface area contributed by atoms with Crippen molar-refractivity contribution < 1.29 is 17.9 Å². The zero-order valence-electron chi connectivity index (χ0n) is 14.1. The van der Waals surface area contributed by atoms with Crippen molar-refractivity contribution in [2.24, 2.45) is 5.92 Å². The van der Waals surface area contributed by atoms with Gasteiger partial charge in [0.15, 0.2) is 0 Å². The third-order valence-corrected chi connectivity index (χ3v) is 3.32. The second-order valence-electron chi connectivity index (χ2n) is 5.99. The fourth-order valence-electron chi connectivity index (χ4n) is 1.95. The monoisotopic (exact) mass is 339 g/mol. The van der Waals surface area contributed by atoms with Crippen LogP contribution in [-0.2, 0) is 6.18 Å². The molecular formula is C17H20F3N3O. The molecule has 130 valence electrons. The molecule has 0 spiro atoms. The van der Waals surface area contributed by atoms with Crippen molar-refractivity contribution >= 4 is 11.6 Å². The van der Waals surface area contributed by atoms with Crippen molar-refractivity contribution in [3.05, 3.63) is 41.6 Å². The minimum Gasteiger partial charge on any atom is -0.477 e. The Bertz CT molecular complexity index is 684. The van der Waals surface area contributed by atoms with Crippen LogP contribution in [0.25, 0.3) is 0 Å². The number of anilines is 2. The van der Waals surface area contributed by atoms with E-state index in [9.17, 15) is 13.2 Å². The quantitative estimate of drug-likeness (QED) is 0.797. The van der Waals surface area contributed by atoms with E-state index >= 15 is 0 Å². The number of hydrogen-bond donors (Lipinski definition) is 0. The number of hydrogen-bond acceptors (Lipinski definition) is 4. The van der Waals surface area contributed by atoms with Crippen LogP contribution in [0.1, 0.15) is 25.0 Å². The van der Waals surface area contributed by atoms with E-state index in [1.807, 2.05) is 45.0 Å². The van der Waals surface area contributed by atoms with Gasteiger partial charge in [0.1, 0.15) is 5.56 Å². The number of alkyl halides is 3. The summed E-state index contributed by atoms with van der Waals surface area (Å²) in [5, 5.41) is 0. The van der Waals surface area contributed by atoms with Gasteiger partial charge < -0.3 is 9.64 Å². The van der Waals surface area contributed by atoms with Crippen molar-refractivity contribution in [2.75, 3.05) is 18.6 Å². The van der Waals surface area contributed by atoms with Crippen molar-refractivity contribution in [1.82, 2.24) is 9.97 Å². The maximum atomic E-state index is 13.1. The molecular weight excluding hydrogens is 319 g/mol. The molecule has 0 N–H and O–H groups in total. The summed E-state index contributed by atoms with van der Waals surface area (Å²) in [6.45, 7) is 5.81. The lowest BCUT2D eigenvalue weighted by atomic mass is 10.2. The Labute approximate surface area is 139 Å².